The van der Waals surface area contributed by atoms with Gasteiger partial charge in [-0.2, -0.15) is 22.3 Å². The Labute approximate surface area is 514 Å². The van der Waals surface area contributed by atoms with E-state index >= 15 is 0 Å². The number of rotatable bonds is 10. The van der Waals surface area contributed by atoms with Crippen molar-refractivity contribution >= 4 is 28.8 Å². The molecule has 0 radical (unpaired) electrons. The molecule has 0 nitrogen and oxygen atoms in total. The monoisotopic (exact) mass is 1160 g/mol. The molecular formula is C75H75Cl3SiTi. The zero-order chi connectivity index (χ0) is 54.1. The Morgan fingerprint density at radius 2 is 0.338 bits per heavy atom. The van der Waals surface area contributed by atoms with E-state index in [0.29, 0.717) is 0 Å². The molecule has 10 aromatic carbocycles. The van der Waals surface area contributed by atoms with E-state index in [4.69, 9.17) is 0 Å². The van der Waals surface area contributed by atoms with Gasteiger partial charge in [-0.25, -0.2) is 0 Å². The average Bonchev–Trinajstić information content (AvgIpc) is 3.53. The molecule has 0 unspecified atom stereocenters. The van der Waals surface area contributed by atoms with Gasteiger partial charge in [0.05, 0.1) is 0 Å². The standard InChI is InChI=1S/C75H75Si.3ClH.Ti/c1-44-17-45(2)24-60(23-44)66-35-67(61-25-46(3)18-47(4)26-61)39-72(38-66)76(75-58(15)56(13)57(14)59(75)16,73-40-68(62-27-48(5)19-49(6)28-62)36-69(41-73)63-29-50(7)20-51(8)30-63)74-42-70(64-31-52(9)21-53(10)32-64)37-71(43-74)65-33-54(11)22-55(12)34-65;;;;/h17-43H,1-16H3;3*1H;/q-1;;;;+4/p-3. The molecule has 0 bridgehead atoms. The predicted molar refractivity (Wildman–Crippen MR) is 334 cm³/mol. The molecule has 0 aromatic heterocycles. The Morgan fingerprint density at radius 1 is 0.200 bits per heavy atom. The maximum Gasteiger partial charge on any atom is 4.00 e. The van der Waals surface area contributed by atoms with Crippen LogP contribution in [0.4, 0.5) is 0 Å². The molecule has 0 saturated carbocycles. The van der Waals surface area contributed by atoms with Crippen molar-refractivity contribution in [2.45, 2.75) is 111 Å². The minimum Gasteiger partial charge on any atom is -1.00 e. The first-order valence-electron chi connectivity index (χ1n) is 27.3. The molecule has 404 valence electrons. The average molecular weight is 1160 g/mol. The zero-order valence-electron chi connectivity index (χ0n) is 49.7. The van der Waals surface area contributed by atoms with E-state index in [2.05, 4.69) is 275 Å². The minimum atomic E-state index is -3.55. The summed E-state index contributed by atoms with van der Waals surface area (Å²) in [6.45, 7) is 36.5. The first-order valence-corrected chi connectivity index (χ1v) is 29.3. The molecule has 5 heteroatoms. The number of benzene rings is 9. The van der Waals surface area contributed by atoms with Gasteiger partial charge in [-0.3, -0.25) is 0 Å². The van der Waals surface area contributed by atoms with Crippen LogP contribution < -0.4 is 58.0 Å². The van der Waals surface area contributed by atoms with E-state index in [1.807, 2.05) is 0 Å². The Balaban J connectivity index is 0.00000258. The summed E-state index contributed by atoms with van der Waals surface area (Å²) in [4.78, 5) is 0. The Morgan fingerprint density at radius 3 is 0.487 bits per heavy atom. The van der Waals surface area contributed by atoms with Crippen LogP contribution in [0.3, 0.4) is 0 Å². The van der Waals surface area contributed by atoms with Gasteiger partial charge in [-0.05, 0) is 168 Å². The third-order valence-corrected chi connectivity index (χ3v) is 21.2. The van der Waals surface area contributed by atoms with Crippen LogP contribution in [0.25, 0.3) is 66.8 Å². The van der Waals surface area contributed by atoms with Crippen molar-refractivity contribution in [2.75, 3.05) is 0 Å². The molecule has 0 fully saturated rings. The van der Waals surface area contributed by atoms with Crippen LogP contribution in [-0.4, -0.2) is 8.07 Å². The molecule has 10 rings (SSSR count). The van der Waals surface area contributed by atoms with Crippen molar-refractivity contribution in [3.8, 4) is 66.8 Å². The van der Waals surface area contributed by atoms with Gasteiger partial charge in [0, 0.05) is 0 Å². The van der Waals surface area contributed by atoms with Crippen LogP contribution in [0.2, 0.25) is 0 Å². The molecule has 0 aliphatic rings. The van der Waals surface area contributed by atoms with E-state index in [9.17, 15) is 0 Å². The number of hydrogen-bond donors (Lipinski definition) is 0. The number of aryl methyl sites for hydroxylation is 12. The third-order valence-electron chi connectivity index (χ3n) is 16.2. The zero-order valence-corrected chi connectivity index (χ0v) is 54.6. The first kappa shape index (κ1) is 63.3. The van der Waals surface area contributed by atoms with Gasteiger partial charge in [0.2, 0.25) is 0 Å². The summed E-state index contributed by atoms with van der Waals surface area (Å²) >= 11 is 0. The molecule has 0 N–H and O–H groups in total. The second kappa shape index (κ2) is 25.1. The summed E-state index contributed by atoms with van der Waals surface area (Å²) in [6, 6.07) is 65.8. The Hall–Kier alpha value is -5.87. The van der Waals surface area contributed by atoms with Gasteiger partial charge in [-0.1, -0.05) is 256 Å². The van der Waals surface area contributed by atoms with E-state index < -0.39 is 8.07 Å². The summed E-state index contributed by atoms with van der Waals surface area (Å²) < 4.78 is 0. The van der Waals surface area contributed by atoms with Crippen LogP contribution in [0.5, 0.6) is 0 Å². The van der Waals surface area contributed by atoms with Crippen molar-refractivity contribution in [1.29, 1.82) is 0 Å². The van der Waals surface area contributed by atoms with Crippen molar-refractivity contribution in [2.24, 2.45) is 0 Å². The predicted octanol–water partition coefficient (Wildman–Crippen LogP) is 8.73. The van der Waals surface area contributed by atoms with Gasteiger partial charge < -0.3 is 37.2 Å². The quantitative estimate of drug-likeness (QED) is 0.0731. The van der Waals surface area contributed by atoms with Gasteiger partial charge in [0.15, 0.2) is 0 Å². The fourth-order valence-electron chi connectivity index (χ4n) is 13.1. The van der Waals surface area contributed by atoms with Crippen LogP contribution in [0.15, 0.2) is 164 Å². The minimum absolute atomic E-state index is 0. The maximum atomic E-state index is 2.63. The van der Waals surface area contributed by atoms with Gasteiger partial charge >= 0.3 is 21.7 Å². The van der Waals surface area contributed by atoms with Crippen LogP contribution >= 0.6 is 0 Å². The van der Waals surface area contributed by atoms with Gasteiger partial charge in [-0.15, -0.1) is 5.19 Å². The van der Waals surface area contributed by atoms with Crippen LogP contribution in [-0.2, 0) is 21.7 Å². The summed E-state index contributed by atoms with van der Waals surface area (Å²) in [7, 11) is -3.55. The third kappa shape index (κ3) is 12.6. The summed E-state index contributed by atoms with van der Waals surface area (Å²) in [6.07, 6.45) is 0. The van der Waals surface area contributed by atoms with Crippen LogP contribution in [0.1, 0.15) is 89.0 Å². The fourth-order valence-corrected chi connectivity index (χ4v) is 18.7. The molecule has 80 heavy (non-hydrogen) atoms. The normalized spacial score (nSPS) is 11.1. The largest absolute Gasteiger partial charge is 4.00 e. The Kier molecular flexibility index (Phi) is 19.9. The van der Waals surface area contributed by atoms with E-state index in [0.717, 1.165) is 0 Å². The van der Waals surface area contributed by atoms with Crippen molar-refractivity contribution < 1.29 is 58.9 Å². The second-order valence-corrected chi connectivity index (χ2v) is 27.0. The number of halogens is 3. The second-order valence-electron chi connectivity index (χ2n) is 23.3. The molecule has 0 spiro atoms. The summed E-state index contributed by atoms with van der Waals surface area (Å²) in [5, 5.41) is 5.62. The van der Waals surface area contributed by atoms with Gasteiger partial charge in [0.25, 0.3) is 0 Å². The molecule has 0 aliphatic heterocycles. The van der Waals surface area contributed by atoms with E-state index in [1.165, 1.54) is 177 Å². The van der Waals surface area contributed by atoms with E-state index in [1.54, 1.807) is 0 Å². The topological polar surface area (TPSA) is 0 Å². The maximum absolute atomic E-state index is 3.55. The summed E-state index contributed by atoms with van der Waals surface area (Å²) in [5.74, 6) is 0. The van der Waals surface area contributed by atoms with Gasteiger partial charge in [0.1, 0.15) is 8.07 Å². The Bertz CT molecular complexity index is 3250. The molecule has 0 aliphatic carbocycles. The molecule has 0 saturated heterocycles. The molecule has 0 amide bonds. The SMILES string of the molecule is Cc1cc(C)cc(-c2cc(-c3cc(C)cc(C)c3)cc([Si](c3cc(-c4cc(C)cc(C)c4)cc(-c4cc(C)cc(C)c4)c3)(c3cc(-c4cc(C)cc(C)c4)cc(-c4cc(C)cc(C)c4)c3)[c-]3c(C)c(C)c(C)c3C)c2)c1.[Cl-].[Cl-].[Cl-].[Ti+4]. The molecule has 0 atom stereocenters. The van der Waals surface area contributed by atoms with E-state index in [-0.39, 0.29) is 58.9 Å². The molecular weight excluding hydrogens is 1080 g/mol. The first-order chi connectivity index (χ1) is 36.1. The number of hydrogen-bond acceptors (Lipinski definition) is 0. The van der Waals surface area contributed by atoms with Crippen molar-refractivity contribution in [3.05, 3.63) is 253 Å². The molecule has 10 aromatic rings. The van der Waals surface area contributed by atoms with Crippen molar-refractivity contribution in [3.63, 3.8) is 0 Å². The van der Waals surface area contributed by atoms with Crippen molar-refractivity contribution in [1.82, 2.24) is 0 Å². The van der Waals surface area contributed by atoms with Crippen LogP contribution in [0, 0.1) is 111 Å². The fraction of sp³-hybridized carbons (Fsp3) is 0.213. The summed E-state index contributed by atoms with van der Waals surface area (Å²) in [5.41, 5.74) is 35.7. The smallest absolute Gasteiger partial charge is 1.00 e. The molecule has 0 heterocycles.